The van der Waals surface area contributed by atoms with Gasteiger partial charge in [0.15, 0.2) is 5.03 Å². The Balaban J connectivity index is 1.57. The molecule has 0 amide bonds. The van der Waals surface area contributed by atoms with E-state index in [4.69, 9.17) is 16.3 Å². The van der Waals surface area contributed by atoms with Crippen molar-refractivity contribution < 1.29 is 13.2 Å². The first-order valence-corrected chi connectivity index (χ1v) is 13.3. The molecule has 1 saturated heterocycles. The third-order valence-electron chi connectivity index (χ3n) is 6.09. The molecule has 5 rings (SSSR count). The van der Waals surface area contributed by atoms with Crippen molar-refractivity contribution in [2.24, 2.45) is 0 Å². The predicted molar refractivity (Wildman–Crippen MR) is 133 cm³/mol. The van der Waals surface area contributed by atoms with Crippen molar-refractivity contribution in [2.45, 2.75) is 29.3 Å². The number of hydrogen-bond acceptors (Lipinski definition) is 5. The molecule has 0 radical (unpaired) electrons. The number of nitrogens with zero attached hydrogens (tertiary/aromatic N) is 3. The molecule has 0 aliphatic carbocycles. The van der Waals surface area contributed by atoms with Crippen molar-refractivity contribution in [3.8, 4) is 5.75 Å². The van der Waals surface area contributed by atoms with Crippen LogP contribution < -0.4 is 4.74 Å². The van der Waals surface area contributed by atoms with Crippen LogP contribution in [0.15, 0.2) is 82.7 Å². The molecule has 0 atom stereocenters. The second-order valence-corrected chi connectivity index (χ2v) is 10.8. The molecule has 8 heteroatoms. The minimum Gasteiger partial charge on any atom is -0.490 e. The summed E-state index contributed by atoms with van der Waals surface area (Å²) >= 11 is 6.19. The molecule has 1 aromatic heterocycles. The van der Waals surface area contributed by atoms with Gasteiger partial charge in [0.05, 0.1) is 11.4 Å². The monoisotopic (exact) mass is 495 g/mol. The lowest BCUT2D eigenvalue weighted by molar-refractivity contribution is 0.239. The van der Waals surface area contributed by atoms with Crippen molar-refractivity contribution >= 4 is 32.3 Å². The lowest BCUT2D eigenvalue weighted by Gasteiger charge is -2.16. The van der Waals surface area contributed by atoms with Crippen molar-refractivity contribution in [2.75, 3.05) is 26.2 Å². The first-order chi connectivity index (χ1) is 16.5. The zero-order chi connectivity index (χ0) is 23.5. The summed E-state index contributed by atoms with van der Waals surface area (Å²) in [4.78, 5) is 2.60. The zero-order valence-corrected chi connectivity index (χ0v) is 20.3. The molecule has 0 saturated carbocycles. The van der Waals surface area contributed by atoms with Gasteiger partial charge < -0.3 is 4.74 Å². The molecule has 176 valence electrons. The Morgan fingerprint density at radius 1 is 0.941 bits per heavy atom. The number of para-hydroxylation sites is 1. The van der Waals surface area contributed by atoms with E-state index in [9.17, 15) is 8.42 Å². The molecule has 1 aliphatic heterocycles. The molecule has 2 heterocycles. The van der Waals surface area contributed by atoms with E-state index < -0.39 is 9.84 Å². The van der Waals surface area contributed by atoms with Gasteiger partial charge in [0.25, 0.3) is 0 Å². The Bertz CT molecular complexity index is 1400. The van der Waals surface area contributed by atoms with Crippen LogP contribution in [0.1, 0.15) is 18.4 Å². The Morgan fingerprint density at radius 2 is 1.71 bits per heavy atom. The first-order valence-electron chi connectivity index (χ1n) is 11.4. The first kappa shape index (κ1) is 22.9. The standard InChI is InChI=1S/C26H26ClN3O3S/c27-21-9-6-8-20(18-21)19-30-25-23(26(28-30)34(31,32)22-10-2-1-3-11-22)12-7-13-24(25)33-17-16-29-14-4-5-15-29/h1-3,6-13,18H,4-5,14-17,19H2. The van der Waals surface area contributed by atoms with Crippen molar-refractivity contribution in [3.05, 3.63) is 83.4 Å². The molecular formula is C26H26ClN3O3S. The van der Waals surface area contributed by atoms with E-state index in [1.165, 1.54) is 12.8 Å². The van der Waals surface area contributed by atoms with Gasteiger partial charge in [-0.05, 0) is 67.9 Å². The van der Waals surface area contributed by atoms with E-state index in [0.29, 0.717) is 34.8 Å². The highest BCUT2D eigenvalue weighted by Gasteiger charge is 2.27. The summed E-state index contributed by atoms with van der Waals surface area (Å²) in [5.74, 6) is 0.626. The number of ether oxygens (including phenoxy) is 1. The highest BCUT2D eigenvalue weighted by atomic mass is 35.5. The smallest absolute Gasteiger partial charge is 0.226 e. The van der Waals surface area contributed by atoms with Crippen LogP contribution in [0.5, 0.6) is 5.75 Å². The Labute approximate surface area is 204 Å². The summed E-state index contributed by atoms with van der Waals surface area (Å²) in [7, 11) is -3.82. The number of halogens is 1. The minimum atomic E-state index is -3.82. The zero-order valence-electron chi connectivity index (χ0n) is 18.7. The maximum Gasteiger partial charge on any atom is 0.226 e. The summed E-state index contributed by atoms with van der Waals surface area (Å²) < 4.78 is 34.9. The van der Waals surface area contributed by atoms with Crippen molar-refractivity contribution in [1.29, 1.82) is 0 Å². The van der Waals surface area contributed by atoms with E-state index in [1.54, 1.807) is 41.1 Å². The van der Waals surface area contributed by atoms with Crippen LogP contribution in [-0.4, -0.2) is 49.3 Å². The lowest BCUT2D eigenvalue weighted by Crippen LogP contribution is -2.25. The summed E-state index contributed by atoms with van der Waals surface area (Å²) in [5.41, 5.74) is 1.59. The van der Waals surface area contributed by atoms with E-state index in [1.807, 2.05) is 36.4 Å². The van der Waals surface area contributed by atoms with E-state index >= 15 is 0 Å². The second-order valence-electron chi connectivity index (χ2n) is 8.46. The number of fused-ring (bicyclic) bond motifs is 1. The normalized spacial score (nSPS) is 14.6. The summed E-state index contributed by atoms with van der Waals surface area (Å²) in [6.45, 7) is 3.93. The lowest BCUT2D eigenvalue weighted by atomic mass is 10.2. The highest BCUT2D eigenvalue weighted by Crippen LogP contribution is 2.33. The molecule has 6 nitrogen and oxygen atoms in total. The van der Waals surface area contributed by atoms with Gasteiger partial charge in [-0.15, -0.1) is 0 Å². The topological polar surface area (TPSA) is 64.4 Å². The van der Waals surface area contributed by atoms with Crippen LogP contribution in [0.4, 0.5) is 0 Å². The van der Waals surface area contributed by atoms with Crippen LogP contribution in [0.3, 0.4) is 0 Å². The van der Waals surface area contributed by atoms with Crippen LogP contribution >= 0.6 is 11.6 Å². The number of sulfone groups is 1. The fraction of sp³-hybridized carbons (Fsp3) is 0.269. The fourth-order valence-electron chi connectivity index (χ4n) is 4.41. The van der Waals surface area contributed by atoms with Crippen LogP contribution in [0.2, 0.25) is 5.02 Å². The fourth-order valence-corrected chi connectivity index (χ4v) is 6.03. The van der Waals surface area contributed by atoms with Crippen molar-refractivity contribution in [1.82, 2.24) is 14.7 Å². The summed E-state index contributed by atoms with van der Waals surface area (Å²) in [5, 5.41) is 5.80. The van der Waals surface area contributed by atoms with Gasteiger partial charge in [0.2, 0.25) is 9.84 Å². The average molecular weight is 496 g/mol. The van der Waals surface area contributed by atoms with E-state index in [-0.39, 0.29) is 9.92 Å². The molecular weight excluding hydrogens is 470 g/mol. The SMILES string of the molecule is O=S(=O)(c1ccccc1)c1nn(Cc2cccc(Cl)c2)c2c(OCCN3CCCC3)cccc12. The number of benzene rings is 3. The maximum atomic E-state index is 13.5. The molecule has 0 spiro atoms. The largest absolute Gasteiger partial charge is 0.490 e. The second kappa shape index (κ2) is 9.78. The molecule has 0 unspecified atom stereocenters. The molecule has 1 aliphatic rings. The number of likely N-dealkylation sites (tertiary alicyclic amines) is 1. The van der Waals surface area contributed by atoms with Gasteiger partial charge in [0, 0.05) is 17.0 Å². The van der Waals surface area contributed by atoms with Gasteiger partial charge in [-0.2, -0.15) is 5.10 Å². The maximum absolute atomic E-state index is 13.5. The molecule has 4 aromatic rings. The molecule has 3 aromatic carbocycles. The van der Waals surface area contributed by atoms with Gasteiger partial charge in [-0.25, -0.2) is 8.42 Å². The van der Waals surface area contributed by atoms with Crippen molar-refractivity contribution in [3.63, 3.8) is 0 Å². The third kappa shape index (κ3) is 4.69. The Kier molecular flexibility index (Phi) is 6.59. The molecule has 1 fully saturated rings. The predicted octanol–water partition coefficient (Wildman–Crippen LogP) is 5.05. The highest BCUT2D eigenvalue weighted by molar-refractivity contribution is 7.91. The van der Waals surface area contributed by atoms with Crippen LogP contribution in [0, 0.1) is 0 Å². The average Bonchev–Trinajstić information content (AvgIpc) is 3.49. The minimum absolute atomic E-state index is 0.0284. The Hall–Kier alpha value is -2.87. The van der Waals surface area contributed by atoms with Crippen LogP contribution in [0.25, 0.3) is 10.9 Å². The summed E-state index contributed by atoms with van der Waals surface area (Å²) in [6, 6.07) is 21.4. The number of rotatable bonds is 8. The quantitative estimate of drug-likeness (QED) is 0.342. The van der Waals surface area contributed by atoms with Gasteiger partial charge in [-0.3, -0.25) is 9.58 Å². The molecule has 0 N–H and O–H groups in total. The van der Waals surface area contributed by atoms with Gasteiger partial charge >= 0.3 is 0 Å². The van der Waals surface area contributed by atoms with Crippen LogP contribution in [-0.2, 0) is 16.4 Å². The third-order valence-corrected chi connectivity index (χ3v) is 8.03. The molecule has 0 bridgehead atoms. The summed E-state index contributed by atoms with van der Waals surface area (Å²) in [6.07, 6.45) is 2.45. The van der Waals surface area contributed by atoms with E-state index in [0.717, 1.165) is 25.2 Å². The Morgan fingerprint density at radius 3 is 2.47 bits per heavy atom. The number of hydrogen-bond donors (Lipinski definition) is 0. The van der Waals surface area contributed by atoms with Gasteiger partial charge in [-0.1, -0.05) is 48.0 Å². The molecule has 34 heavy (non-hydrogen) atoms. The van der Waals surface area contributed by atoms with Gasteiger partial charge in [0.1, 0.15) is 17.9 Å². The number of aromatic nitrogens is 2. The van der Waals surface area contributed by atoms with E-state index in [2.05, 4.69) is 10.00 Å².